The number of carbonyl (C=O) groups is 1. The van der Waals surface area contributed by atoms with Crippen LogP contribution in [0.2, 0.25) is 0 Å². The molecule has 16 heavy (non-hydrogen) atoms. The minimum atomic E-state index is -0.833. The van der Waals surface area contributed by atoms with Gasteiger partial charge >= 0.3 is 0 Å². The summed E-state index contributed by atoms with van der Waals surface area (Å²) < 4.78 is 0. The van der Waals surface area contributed by atoms with Gasteiger partial charge in [0, 0.05) is 6.92 Å². The van der Waals surface area contributed by atoms with E-state index in [1.165, 1.54) is 30.4 Å². The minimum Gasteiger partial charge on any atom is -0.516 e. The Hall–Kier alpha value is -1.25. The summed E-state index contributed by atoms with van der Waals surface area (Å²) in [6, 6.07) is 0. The highest BCUT2D eigenvalue weighted by atomic mass is 16.4. The van der Waals surface area contributed by atoms with Gasteiger partial charge in [-0.05, 0) is 43.3 Å². The van der Waals surface area contributed by atoms with Gasteiger partial charge in [0.15, 0.2) is 0 Å². The lowest BCUT2D eigenvalue weighted by atomic mass is 9.73. The first-order valence-corrected chi connectivity index (χ1v) is 5.52. The number of aliphatic hydroxyl groups is 1. The predicted molar refractivity (Wildman–Crippen MR) is 65.4 cm³/mol. The van der Waals surface area contributed by atoms with Crippen molar-refractivity contribution in [2.45, 2.75) is 47.0 Å². The second kappa shape index (κ2) is 6.36. The Labute approximate surface area is 97.5 Å². The average molecular weight is 226 g/mol. The molecule has 0 spiro atoms. The van der Waals surface area contributed by atoms with Gasteiger partial charge in [-0.3, -0.25) is 4.79 Å². The molecule has 0 amide bonds. The number of aliphatic hydroxyl groups excluding tert-OH is 1. The van der Waals surface area contributed by atoms with E-state index >= 15 is 0 Å². The van der Waals surface area contributed by atoms with Gasteiger partial charge in [0.05, 0.1) is 6.26 Å². The van der Waals surface area contributed by atoms with E-state index in [0.29, 0.717) is 0 Å². The van der Waals surface area contributed by atoms with E-state index in [0.717, 1.165) is 13.2 Å². The maximum Gasteiger partial charge on any atom is 0.300 e. The van der Waals surface area contributed by atoms with Gasteiger partial charge < -0.3 is 10.2 Å². The van der Waals surface area contributed by atoms with Crippen LogP contribution in [0, 0.1) is 5.41 Å². The molecule has 1 aliphatic carbocycles. The molecule has 0 saturated carbocycles. The van der Waals surface area contributed by atoms with E-state index in [-0.39, 0.29) is 5.41 Å². The number of carboxylic acids is 1. The normalized spacial score (nSPS) is 19.2. The predicted octanol–water partition coefficient (Wildman–Crippen LogP) is 3.68. The third-order valence-corrected chi connectivity index (χ3v) is 2.78. The minimum absolute atomic E-state index is 0.252. The summed E-state index contributed by atoms with van der Waals surface area (Å²) in [5.74, 6) is -0.833. The largest absolute Gasteiger partial charge is 0.516 e. The molecule has 92 valence electrons. The Morgan fingerprint density at radius 3 is 2.31 bits per heavy atom. The smallest absolute Gasteiger partial charge is 0.300 e. The summed E-state index contributed by atoms with van der Waals surface area (Å²) in [7, 11) is 0. The molecule has 0 unspecified atom stereocenters. The molecular weight excluding hydrogens is 204 g/mol. The molecule has 0 aromatic carbocycles. The summed E-state index contributed by atoms with van der Waals surface area (Å²) in [5.41, 5.74) is 2.99. The lowest BCUT2D eigenvalue weighted by molar-refractivity contribution is -0.134. The second-order valence-electron chi connectivity index (χ2n) is 4.77. The molecule has 0 heterocycles. The zero-order valence-corrected chi connectivity index (χ0v) is 10.6. The van der Waals surface area contributed by atoms with Crippen LogP contribution < -0.4 is 0 Å². The number of hydrogen-bond donors (Lipinski definition) is 2. The number of allylic oxidation sites excluding steroid dienone is 3. The molecule has 1 rings (SSSR count). The summed E-state index contributed by atoms with van der Waals surface area (Å²) in [6.07, 6.45) is 6.69. The first-order chi connectivity index (χ1) is 7.31. The van der Waals surface area contributed by atoms with Crippen LogP contribution in [0.5, 0.6) is 0 Å². The zero-order valence-electron chi connectivity index (χ0n) is 10.6. The van der Waals surface area contributed by atoms with Gasteiger partial charge in [0.2, 0.25) is 0 Å². The molecular formula is C13H22O3. The molecule has 0 aliphatic heterocycles. The summed E-state index contributed by atoms with van der Waals surface area (Å²) >= 11 is 0. The van der Waals surface area contributed by atoms with E-state index in [4.69, 9.17) is 15.0 Å². The fourth-order valence-electron chi connectivity index (χ4n) is 2.08. The molecule has 0 radical (unpaired) electrons. The highest BCUT2D eigenvalue weighted by Crippen LogP contribution is 2.40. The SMILES string of the molecule is CC(=O)O.CC1=C(C=CO)C(C)(C)CCC1. The molecule has 1 aliphatic rings. The van der Waals surface area contributed by atoms with Crippen molar-refractivity contribution in [1.82, 2.24) is 0 Å². The number of carboxylic acid groups (broad SMARTS) is 1. The Bertz CT molecular complexity index is 294. The van der Waals surface area contributed by atoms with E-state index in [1.807, 2.05) is 6.08 Å². The molecule has 3 nitrogen and oxygen atoms in total. The number of rotatable bonds is 1. The lowest BCUT2D eigenvalue weighted by Crippen LogP contribution is -2.18. The third kappa shape index (κ3) is 5.01. The fraction of sp³-hybridized carbons (Fsp3) is 0.615. The molecule has 0 bridgehead atoms. The first kappa shape index (κ1) is 14.8. The van der Waals surface area contributed by atoms with Crippen LogP contribution in [0.3, 0.4) is 0 Å². The summed E-state index contributed by atoms with van der Waals surface area (Å²) in [5, 5.41) is 16.2. The number of aliphatic carboxylic acids is 1. The molecule has 0 saturated heterocycles. The van der Waals surface area contributed by atoms with Crippen LogP contribution in [0.4, 0.5) is 0 Å². The van der Waals surface area contributed by atoms with Crippen LogP contribution in [0.1, 0.15) is 47.0 Å². The molecule has 0 atom stereocenters. The van der Waals surface area contributed by atoms with Crippen LogP contribution >= 0.6 is 0 Å². The molecule has 2 N–H and O–H groups in total. The van der Waals surface area contributed by atoms with Gasteiger partial charge in [-0.1, -0.05) is 19.4 Å². The van der Waals surface area contributed by atoms with Crippen molar-refractivity contribution in [3.05, 3.63) is 23.5 Å². The summed E-state index contributed by atoms with van der Waals surface area (Å²) in [6.45, 7) is 7.73. The summed E-state index contributed by atoms with van der Waals surface area (Å²) in [4.78, 5) is 9.00. The molecule has 3 heteroatoms. The van der Waals surface area contributed by atoms with Crippen LogP contribution in [0.15, 0.2) is 23.5 Å². The monoisotopic (exact) mass is 226 g/mol. The van der Waals surface area contributed by atoms with Gasteiger partial charge in [-0.2, -0.15) is 0 Å². The highest BCUT2D eigenvalue weighted by Gasteiger charge is 2.26. The van der Waals surface area contributed by atoms with Gasteiger partial charge in [0.25, 0.3) is 5.97 Å². The van der Waals surface area contributed by atoms with Crippen LogP contribution in [-0.4, -0.2) is 16.2 Å². The lowest BCUT2D eigenvalue weighted by Gasteiger charge is -2.32. The third-order valence-electron chi connectivity index (χ3n) is 2.78. The van der Waals surface area contributed by atoms with Crippen molar-refractivity contribution < 1.29 is 15.0 Å². The maximum atomic E-state index is 9.00. The van der Waals surface area contributed by atoms with Crippen molar-refractivity contribution in [2.24, 2.45) is 5.41 Å². The quantitative estimate of drug-likeness (QED) is 0.670. The van der Waals surface area contributed by atoms with E-state index in [2.05, 4.69) is 20.8 Å². The van der Waals surface area contributed by atoms with Crippen molar-refractivity contribution in [3.8, 4) is 0 Å². The topological polar surface area (TPSA) is 57.5 Å². The van der Waals surface area contributed by atoms with Crippen LogP contribution in [-0.2, 0) is 4.79 Å². The maximum absolute atomic E-state index is 9.00. The number of hydrogen-bond acceptors (Lipinski definition) is 2. The van der Waals surface area contributed by atoms with E-state index in [9.17, 15) is 0 Å². The highest BCUT2D eigenvalue weighted by molar-refractivity contribution is 5.62. The Morgan fingerprint density at radius 2 is 1.94 bits per heavy atom. The standard InChI is InChI=1S/C11H18O.C2H4O2/c1-9-5-4-7-11(2,3)10(9)6-8-12;1-2(3)4/h6,8,12H,4-5,7H2,1-3H3;1H3,(H,3,4). The molecule has 0 fully saturated rings. The van der Waals surface area contributed by atoms with Crippen molar-refractivity contribution >= 4 is 5.97 Å². The van der Waals surface area contributed by atoms with Gasteiger partial charge in [-0.25, -0.2) is 0 Å². The molecule has 0 aromatic heterocycles. The Kier molecular flexibility index (Phi) is 5.86. The Balaban J connectivity index is 0.000000487. The van der Waals surface area contributed by atoms with Crippen LogP contribution in [0.25, 0.3) is 0 Å². The van der Waals surface area contributed by atoms with Gasteiger partial charge in [0.1, 0.15) is 0 Å². The van der Waals surface area contributed by atoms with Crippen molar-refractivity contribution in [2.75, 3.05) is 0 Å². The fourth-order valence-corrected chi connectivity index (χ4v) is 2.08. The average Bonchev–Trinajstić information content (AvgIpc) is 2.10. The van der Waals surface area contributed by atoms with E-state index in [1.54, 1.807) is 0 Å². The second-order valence-corrected chi connectivity index (χ2v) is 4.77. The zero-order chi connectivity index (χ0) is 12.8. The molecule has 0 aromatic rings. The van der Waals surface area contributed by atoms with Crippen molar-refractivity contribution in [3.63, 3.8) is 0 Å². The van der Waals surface area contributed by atoms with Gasteiger partial charge in [-0.15, -0.1) is 0 Å². The first-order valence-electron chi connectivity index (χ1n) is 5.52. The van der Waals surface area contributed by atoms with Crippen molar-refractivity contribution in [1.29, 1.82) is 0 Å². The Morgan fingerprint density at radius 1 is 1.44 bits per heavy atom. The van der Waals surface area contributed by atoms with E-state index < -0.39 is 5.97 Å².